The first-order valence-corrected chi connectivity index (χ1v) is 7.07. The standard InChI is InChI=1S/C19H16O/c20-12-13-5-6-15-8-9-17-16-4-2-1-3-14(16)7-10-18(17)19(15)11-13/h1-7,9-11,18,20H,8,12H2. The lowest BCUT2D eigenvalue weighted by Gasteiger charge is -2.29. The molecule has 1 nitrogen and oxygen atoms in total. The lowest BCUT2D eigenvalue weighted by atomic mass is 9.75. The van der Waals surface area contributed by atoms with Crippen LogP contribution in [0, 0.1) is 0 Å². The summed E-state index contributed by atoms with van der Waals surface area (Å²) in [5, 5.41) is 9.36. The minimum atomic E-state index is 0.110. The fraction of sp³-hybridized carbons (Fsp3) is 0.158. The molecule has 0 amide bonds. The smallest absolute Gasteiger partial charge is 0.0681 e. The highest BCUT2D eigenvalue weighted by molar-refractivity contribution is 5.85. The molecule has 2 aromatic rings. The lowest BCUT2D eigenvalue weighted by molar-refractivity contribution is 0.281. The molecule has 2 aliphatic carbocycles. The van der Waals surface area contributed by atoms with Crippen molar-refractivity contribution in [2.24, 2.45) is 0 Å². The summed E-state index contributed by atoms with van der Waals surface area (Å²) in [6.45, 7) is 0.110. The maximum atomic E-state index is 9.36. The molecule has 2 aliphatic rings. The molecule has 1 heteroatoms. The Labute approximate surface area is 118 Å². The van der Waals surface area contributed by atoms with Crippen molar-refractivity contribution in [2.45, 2.75) is 18.9 Å². The minimum absolute atomic E-state index is 0.110. The van der Waals surface area contributed by atoms with E-state index in [9.17, 15) is 5.11 Å². The molecule has 0 aliphatic heterocycles. The molecule has 0 bridgehead atoms. The average molecular weight is 260 g/mol. The van der Waals surface area contributed by atoms with Crippen LogP contribution in [-0.4, -0.2) is 5.11 Å². The zero-order chi connectivity index (χ0) is 13.5. The first-order valence-electron chi connectivity index (χ1n) is 7.07. The summed E-state index contributed by atoms with van der Waals surface area (Å²) >= 11 is 0. The Morgan fingerprint density at radius 3 is 2.90 bits per heavy atom. The number of rotatable bonds is 1. The van der Waals surface area contributed by atoms with Gasteiger partial charge in [0.1, 0.15) is 0 Å². The van der Waals surface area contributed by atoms with Gasteiger partial charge in [-0.3, -0.25) is 0 Å². The topological polar surface area (TPSA) is 20.2 Å². The van der Waals surface area contributed by atoms with Gasteiger partial charge in [-0.15, -0.1) is 0 Å². The molecule has 98 valence electrons. The third kappa shape index (κ3) is 1.67. The zero-order valence-corrected chi connectivity index (χ0v) is 11.2. The van der Waals surface area contributed by atoms with Crippen LogP contribution in [0.3, 0.4) is 0 Å². The molecular formula is C19H16O. The van der Waals surface area contributed by atoms with Crippen molar-refractivity contribution < 1.29 is 5.11 Å². The second-order valence-electron chi connectivity index (χ2n) is 5.48. The van der Waals surface area contributed by atoms with Crippen molar-refractivity contribution in [1.82, 2.24) is 0 Å². The molecule has 1 N–H and O–H groups in total. The molecule has 2 aromatic carbocycles. The van der Waals surface area contributed by atoms with Crippen LogP contribution in [0.5, 0.6) is 0 Å². The van der Waals surface area contributed by atoms with E-state index in [1.165, 1.54) is 27.8 Å². The number of benzene rings is 2. The number of aliphatic hydroxyl groups excluding tert-OH is 1. The monoisotopic (exact) mass is 260 g/mol. The fourth-order valence-corrected chi connectivity index (χ4v) is 3.32. The molecule has 4 rings (SSSR count). The van der Waals surface area contributed by atoms with Gasteiger partial charge in [0.15, 0.2) is 0 Å². The fourth-order valence-electron chi connectivity index (χ4n) is 3.32. The number of allylic oxidation sites excluding steroid dienone is 3. The van der Waals surface area contributed by atoms with Crippen molar-refractivity contribution in [3.8, 4) is 0 Å². The highest BCUT2D eigenvalue weighted by atomic mass is 16.3. The van der Waals surface area contributed by atoms with Crippen LogP contribution in [0.25, 0.3) is 11.6 Å². The van der Waals surface area contributed by atoms with Crippen LogP contribution in [0.2, 0.25) is 0 Å². The van der Waals surface area contributed by atoms with E-state index in [2.05, 4.69) is 54.6 Å². The minimum Gasteiger partial charge on any atom is -0.392 e. The van der Waals surface area contributed by atoms with Crippen molar-refractivity contribution >= 4 is 11.6 Å². The molecule has 1 unspecified atom stereocenters. The maximum Gasteiger partial charge on any atom is 0.0681 e. The number of fused-ring (bicyclic) bond motifs is 5. The Morgan fingerprint density at radius 1 is 1.10 bits per heavy atom. The molecule has 0 aromatic heterocycles. The average Bonchev–Trinajstić information content (AvgIpc) is 2.53. The Hall–Kier alpha value is -2.12. The third-order valence-corrected chi connectivity index (χ3v) is 4.34. The van der Waals surface area contributed by atoms with Crippen molar-refractivity contribution in [1.29, 1.82) is 0 Å². The summed E-state index contributed by atoms with van der Waals surface area (Å²) in [5.41, 5.74) is 7.78. The molecule has 0 heterocycles. The second-order valence-corrected chi connectivity index (χ2v) is 5.48. The van der Waals surface area contributed by atoms with E-state index in [-0.39, 0.29) is 6.61 Å². The van der Waals surface area contributed by atoms with E-state index >= 15 is 0 Å². The highest BCUT2D eigenvalue weighted by Gasteiger charge is 2.25. The van der Waals surface area contributed by atoms with E-state index in [1.54, 1.807) is 0 Å². The summed E-state index contributed by atoms with van der Waals surface area (Å²) in [6, 6.07) is 14.9. The molecule has 0 fully saturated rings. The Morgan fingerprint density at radius 2 is 2.00 bits per heavy atom. The van der Waals surface area contributed by atoms with Gasteiger partial charge < -0.3 is 5.11 Å². The van der Waals surface area contributed by atoms with Crippen LogP contribution in [0.15, 0.2) is 54.6 Å². The van der Waals surface area contributed by atoms with Gasteiger partial charge in [0.2, 0.25) is 0 Å². The summed E-state index contributed by atoms with van der Waals surface area (Å²) in [7, 11) is 0. The summed E-state index contributed by atoms with van der Waals surface area (Å²) in [6.07, 6.45) is 7.84. The third-order valence-electron chi connectivity index (χ3n) is 4.34. The van der Waals surface area contributed by atoms with Gasteiger partial charge in [-0.05, 0) is 39.8 Å². The molecule has 20 heavy (non-hydrogen) atoms. The first kappa shape index (κ1) is 11.7. The molecule has 0 saturated carbocycles. The van der Waals surface area contributed by atoms with Crippen LogP contribution in [0.4, 0.5) is 0 Å². The van der Waals surface area contributed by atoms with Gasteiger partial charge in [0, 0.05) is 5.92 Å². The van der Waals surface area contributed by atoms with Crippen LogP contribution in [0.1, 0.15) is 33.7 Å². The second kappa shape index (κ2) is 4.46. The van der Waals surface area contributed by atoms with Crippen LogP contribution in [-0.2, 0) is 13.0 Å². The maximum absolute atomic E-state index is 9.36. The zero-order valence-electron chi connectivity index (χ0n) is 11.2. The van der Waals surface area contributed by atoms with Gasteiger partial charge >= 0.3 is 0 Å². The Balaban J connectivity index is 1.87. The van der Waals surface area contributed by atoms with E-state index in [4.69, 9.17) is 0 Å². The lowest BCUT2D eigenvalue weighted by Crippen LogP contribution is -2.12. The predicted octanol–water partition coefficient (Wildman–Crippen LogP) is 3.93. The Kier molecular flexibility index (Phi) is 2.61. The highest BCUT2D eigenvalue weighted by Crippen LogP contribution is 2.43. The van der Waals surface area contributed by atoms with E-state index < -0.39 is 0 Å². The Bertz CT molecular complexity index is 737. The van der Waals surface area contributed by atoms with E-state index in [0.29, 0.717) is 5.92 Å². The van der Waals surface area contributed by atoms with Gasteiger partial charge in [-0.1, -0.05) is 60.7 Å². The van der Waals surface area contributed by atoms with Gasteiger partial charge in [0.05, 0.1) is 6.61 Å². The largest absolute Gasteiger partial charge is 0.392 e. The SMILES string of the molecule is OCc1ccc2c(c1)C1C=Cc3ccccc3C1=CC2. The summed E-state index contributed by atoms with van der Waals surface area (Å²) in [4.78, 5) is 0. The van der Waals surface area contributed by atoms with E-state index in [1.807, 2.05) is 6.07 Å². The van der Waals surface area contributed by atoms with Crippen LogP contribution < -0.4 is 0 Å². The molecular weight excluding hydrogens is 244 g/mol. The van der Waals surface area contributed by atoms with Crippen molar-refractivity contribution in [3.63, 3.8) is 0 Å². The van der Waals surface area contributed by atoms with Crippen LogP contribution >= 0.6 is 0 Å². The number of aliphatic hydroxyl groups is 1. The predicted molar refractivity (Wildman–Crippen MR) is 82.3 cm³/mol. The van der Waals surface area contributed by atoms with Gasteiger partial charge in [0.25, 0.3) is 0 Å². The molecule has 0 saturated heterocycles. The summed E-state index contributed by atoms with van der Waals surface area (Å²) in [5.74, 6) is 0.333. The van der Waals surface area contributed by atoms with Crippen molar-refractivity contribution in [2.75, 3.05) is 0 Å². The normalized spacial score (nSPS) is 18.9. The molecule has 1 atom stereocenters. The number of hydrogen-bond acceptors (Lipinski definition) is 1. The van der Waals surface area contributed by atoms with Crippen molar-refractivity contribution in [3.05, 3.63) is 82.4 Å². The number of hydrogen-bond donors (Lipinski definition) is 1. The summed E-state index contributed by atoms with van der Waals surface area (Å²) < 4.78 is 0. The first-order chi connectivity index (χ1) is 9.86. The molecule has 0 radical (unpaired) electrons. The van der Waals surface area contributed by atoms with E-state index in [0.717, 1.165) is 12.0 Å². The van der Waals surface area contributed by atoms with Gasteiger partial charge in [-0.2, -0.15) is 0 Å². The molecule has 0 spiro atoms. The quantitative estimate of drug-likeness (QED) is 0.823. The van der Waals surface area contributed by atoms with Gasteiger partial charge in [-0.25, -0.2) is 0 Å².